The Balaban J connectivity index is 1.64. The third-order valence-electron chi connectivity index (χ3n) is 5.69. The first-order chi connectivity index (χ1) is 16.5. The smallest absolute Gasteiger partial charge is 0.326 e. The number of carbonyl (C=O) groups is 1. The molecule has 8 heteroatoms. The van der Waals surface area contributed by atoms with E-state index < -0.39 is 11.9 Å². The first kappa shape index (κ1) is 21.4. The van der Waals surface area contributed by atoms with Crippen molar-refractivity contribution in [3.63, 3.8) is 0 Å². The maximum absolute atomic E-state index is 13.7. The maximum atomic E-state index is 13.7. The lowest BCUT2D eigenvalue weighted by atomic mass is 9.94. The van der Waals surface area contributed by atoms with Crippen molar-refractivity contribution in [1.82, 2.24) is 15.5 Å². The molecule has 0 fully saturated rings. The van der Waals surface area contributed by atoms with Crippen LogP contribution in [0.2, 0.25) is 0 Å². The minimum Gasteiger partial charge on any atom is -0.497 e. The van der Waals surface area contributed by atoms with Gasteiger partial charge in [-0.25, -0.2) is 9.18 Å². The number of amides is 2. The fourth-order valence-electron chi connectivity index (χ4n) is 4.03. The molecule has 2 amide bonds. The van der Waals surface area contributed by atoms with Gasteiger partial charge in [-0.1, -0.05) is 47.6 Å². The second-order valence-corrected chi connectivity index (χ2v) is 7.76. The number of aromatic nitrogens is 2. The van der Waals surface area contributed by atoms with Gasteiger partial charge >= 0.3 is 6.03 Å². The standard InChI is InChI=1S/C26H21FN4O3/c1-16-22(25-29-24(30-34-25)18-7-6-8-19(27)15-18)23(17-11-13-21(33-2)14-12-17)28-26(32)31(16)20-9-4-3-5-10-20/h3-15,23H,1-2H3,(H,28,32). The molecule has 1 atom stereocenters. The Hall–Kier alpha value is -4.46. The monoisotopic (exact) mass is 456 g/mol. The number of halogens is 1. The molecule has 0 bridgehead atoms. The first-order valence-corrected chi connectivity index (χ1v) is 10.7. The number of ether oxygens (including phenoxy) is 1. The van der Waals surface area contributed by atoms with Crippen molar-refractivity contribution in [3.8, 4) is 17.1 Å². The van der Waals surface area contributed by atoms with Crippen LogP contribution in [-0.2, 0) is 0 Å². The second-order valence-electron chi connectivity index (χ2n) is 7.76. The van der Waals surface area contributed by atoms with Crippen LogP contribution in [0.25, 0.3) is 17.0 Å². The zero-order chi connectivity index (χ0) is 23.7. The van der Waals surface area contributed by atoms with Crippen LogP contribution in [0.15, 0.2) is 89.1 Å². The van der Waals surface area contributed by atoms with Gasteiger partial charge in [0.25, 0.3) is 5.89 Å². The van der Waals surface area contributed by atoms with Gasteiger partial charge in [-0.2, -0.15) is 4.98 Å². The maximum Gasteiger partial charge on any atom is 0.326 e. The van der Waals surface area contributed by atoms with E-state index in [0.717, 1.165) is 5.56 Å². The summed E-state index contributed by atoms with van der Waals surface area (Å²) in [6.07, 6.45) is 0. The molecule has 3 aromatic carbocycles. The fourth-order valence-corrected chi connectivity index (χ4v) is 4.03. The lowest BCUT2D eigenvalue weighted by molar-refractivity contribution is 0.244. The third kappa shape index (κ3) is 3.90. The Morgan fingerprint density at radius 1 is 1.03 bits per heavy atom. The van der Waals surface area contributed by atoms with Gasteiger partial charge in [0.05, 0.1) is 24.4 Å². The van der Waals surface area contributed by atoms with E-state index in [1.807, 2.05) is 61.5 Å². The predicted octanol–water partition coefficient (Wildman–Crippen LogP) is 5.59. The van der Waals surface area contributed by atoms with Gasteiger partial charge in [-0.3, -0.25) is 4.90 Å². The van der Waals surface area contributed by atoms with Crippen LogP contribution in [0.1, 0.15) is 24.4 Å². The van der Waals surface area contributed by atoms with E-state index in [2.05, 4.69) is 15.5 Å². The summed E-state index contributed by atoms with van der Waals surface area (Å²) >= 11 is 0. The summed E-state index contributed by atoms with van der Waals surface area (Å²) in [4.78, 5) is 19.3. The summed E-state index contributed by atoms with van der Waals surface area (Å²) in [6, 6.07) is 21.9. The van der Waals surface area contributed by atoms with Gasteiger partial charge in [0.1, 0.15) is 11.6 Å². The fraction of sp³-hybridized carbons (Fsp3) is 0.115. The highest BCUT2D eigenvalue weighted by atomic mass is 19.1. The molecule has 0 saturated heterocycles. The molecule has 34 heavy (non-hydrogen) atoms. The van der Waals surface area contributed by atoms with E-state index in [1.165, 1.54) is 12.1 Å². The number of rotatable bonds is 5. The van der Waals surface area contributed by atoms with Crippen LogP contribution < -0.4 is 15.0 Å². The zero-order valence-corrected chi connectivity index (χ0v) is 18.5. The highest BCUT2D eigenvalue weighted by Gasteiger charge is 2.36. The van der Waals surface area contributed by atoms with Crippen LogP contribution >= 0.6 is 0 Å². The molecule has 1 unspecified atom stereocenters. The van der Waals surface area contributed by atoms with E-state index in [9.17, 15) is 9.18 Å². The molecule has 0 saturated carbocycles. The highest BCUT2D eigenvalue weighted by Crippen LogP contribution is 2.39. The Kier molecular flexibility index (Phi) is 5.55. The molecule has 5 rings (SSSR count). The summed E-state index contributed by atoms with van der Waals surface area (Å²) in [5.41, 5.74) is 3.30. The molecule has 0 radical (unpaired) electrons. The van der Waals surface area contributed by atoms with Crippen LogP contribution in [-0.4, -0.2) is 23.3 Å². The van der Waals surface area contributed by atoms with Gasteiger partial charge in [-0.05, 0) is 48.9 Å². The number of nitrogens with zero attached hydrogens (tertiary/aromatic N) is 3. The summed E-state index contributed by atoms with van der Waals surface area (Å²) in [5, 5.41) is 7.13. The zero-order valence-electron chi connectivity index (χ0n) is 18.5. The van der Waals surface area contributed by atoms with Crippen molar-refractivity contribution in [1.29, 1.82) is 0 Å². The van der Waals surface area contributed by atoms with E-state index in [-0.39, 0.29) is 17.7 Å². The predicted molar refractivity (Wildman–Crippen MR) is 125 cm³/mol. The van der Waals surface area contributed by atoms with Gasteiger partial charge in [0.15, 0.2) is 0 Å². The molecule has 1 aliphatic rings. The number of nitrogens with one attached hydrogen (secondary N) is 1. The van der Waals surface area contributed by atoms with E-state index in [0.29, 0.717) is 28.3 Å². The van der Waals surface area contributed by atoms with Crippen LogP contribution in [0.3, 0.4) is 0 Å². The van der Waals surface area contributed by atoms with Crippen molar-refractivity contribution in [2.45, 2.75) is 13.0 Å². The number of allylic oxidation sites excluding steroid dienone is 1. The Morgan fingerprint density at radius 2 is 1.79 bits per heavy atom. The molecule has 7 nitrogen and oxygen atoms in total. The van der Waals surface area contributed by atoms with E-state index in [1.54, 1.807) is 24.1 Å². The van der Waals surface area contributed by atoms with Crippen molar-refractivity contribution >= 4 is 17.3 Å². The Morgan fingerprint density at radius 3 is 2.50 bits per heavy atom. The quantitative estimate of drug-likeness (QED) is 0.424. The average molecular weight is 456 g/mol. The lowest BCUT2D eigenvalue weighted by Gasteiger charge is -2.35. The molecule has 1 aliphatic heterocycles. The topological polar surface area (TPSA) is 80.5 Å². The van der Waals surface area contributed by atoms with Gasteiger partial charge in [0.2, 0.25) is 5.82 Å². The van der Waals surface area contributed by atoms with Gasteiger partial charge < -0.3 is 14.6 Å². The summed E-state index contributed by atoms with van der Waals surface area (Å²) < 4.78 is 24.7. The average Bonchev–Trinajstić information content (AvgIpc) is 3.34. The van der Waals surface area contributed by atoms with E-state index in [4.69, 9.17) is 9.26 Å². The van der Waals surface area contributed by atoms with Crippen molar-refractivity contribution in [2.24, 2.45) is 0 Å². The lowest BCUT2D eigenvalue weighted by Crippen LogP contribution is -2.46. The SMILES string of the molecule is COc1ccc(C2NC(=O)N(c3ccccc3)C(C)=C2c2nc(-c3cccc(F)c3)no2)cc1. The van der Waals surface area contributed by atoms with Crippen LogP contribution in [0.5, 0.6) is 5.75 Å². The minimum atomic E-state index is -0.542. The number of para-hydroxylation sites is 1. The van der Waals surface area contributed by atoms with Gasteiger partial charge in [0, 0.05) is 11.3 Å². The summed E-state index contributed by atoms with van der Waals surface area (Å²) in [7, 11) is 1.59. The first-order valence-electron chi connectivity index (χ1n) is 10.7. The molecular formula is C26H21FN4O3. The molecule has 170 valence electrons. The minimum absolute atomic E-state index is 0.235. The molecule has 4 aromatic rings. The number of anilines is 1. The number of benzene rings is 3. The Labute approximate surface area is 195 Å². The van der Waals surface area contributed by atoms with Crippen molar-refractivity contribution in [3.05, 3.63) is 102 Å². The molecule has 1 N–H and O–H groups in total. The Bertz CT molecular complexity index is 1370. The second kappa shape index (κ2) is 8.82. The largest absolute Gasteiger partial charge is 0.497 e. The normalized spacial score (nSPS) is 15.9. The van der Waals surface area contributed by atoms with Crippen LogP contribution in [0.4, 0.5) is 14.9 Å². The van der Waals surface area contributed by atoms with Crippen molar-refractivity contribution < 1.29 is 18.4 Å². The number of urea groups is 1. The number of carbonyl (C=O) groups excluding carboxylic acids is 1. The number of hydrogen-bond acceptors (Lipinski definition) is 5. The third-order valence-corrected chi connectivity index (χ3v) is 5.69. The molecule has 2 heterocycles. The molecule has 1 aromatic heterocycles. The summed E-state index contributed by atoms with van der Waals surface area (Å²) in [6.45, 7) is 1.84. The molecular weight excluding hydrogens is 435 g/mol. The molecule has 0 spiro atoms. The van der Waals surface area contributed by atoms with Gasteiger partial charge in [-0.15, -0.1) is 0 Å². The summed E-state index contributed by atoms with van der Waals surface area (Å²) in [5.74, 6) is 0.797. The van der Waals surface area contributed by atoms with Crippen LogP contribution in [0, 0.1) is 5.82 Å². The number of methoxy groups -OCH3 is 1. The highest BCUT2D eigenvalue weighted by molar-refractivity contribution is 6.01. The number of hydrogen-bond donors (Lipinski definition) is 1. The molecule has 0 aliphatic carbocycles. The van der Waals surface area contributed by atoms with E-state index >= 15 is 0 Å². The van der Waals surface area contributed by atoms with Crippen molar-refractivity contribution in [2.75, 3.05) is 12.0 Å².